The number of aryl methyl sites for hydroxylation is 1. The smallest absolute Gasteiger partial charge is 0.338 e. The second kappa shape index (κ2) is 6.82. The third-order valence-corrected chi connectivity index (χ3v) is 4.37. The SMILES string of the molecule is Cc1ccc(/C=C2\SC(=Nc3ccc(O)cc3C(=O)O)NC2=O)cc1. The molecule has 3 rings (SSSR count). The van der Waals surface area contributed by atoms with Crippen molar-refractivity contribution in [1.82, 2.24) is 5.32 Å². The van der Waals surface area contributed by atoms with Gasteiger partial charge in [0.25, 0.3) is 5.91 Å². The van der Waals surface area contributed by atoms with Gasteiger partial charge in [-0.2, -0.15) is 0 Å². The fraction of sp³-hybridized carbons (Fsp3) is 0.0556. The van der Waals surface area contributed by atoms with E-state index in [-0.39, 0.29) is 28.1 Å². The number of aromatic hydroxyl groups is 1. The number of hydrogen-bond acceptors (Lipinski definition) is 5. The molecule has 1 aliphatic rings. The first-order chi connectivity index (χ1) is 11.9. The highest BCUT2D eigenvalue weighted by Gasteiger charge is 2.24. The molecule has 126 valence electrons. The zero-order valence-corrected chi connectivity index (χ0v) is 14.0. The van der Waals surface area contributed by atoms with Crippen LogP contribution in [0, 0.1) is 6.92 Å². The van der Waals surface area contributed by atoms with Gasteiger partial charge in [0.15, 0.2) is 5.17 Å². The summed E-state index contributed by atoms with van der Waals surface area (Å²) < 4.78 is 0. The van der Waals surface area contributed by atoms with Gasteiger partial charge in [-0.3, -0.25) is 4.79 Å². The highest BCUT2D eigenvalue weighted by molar-refractivity contribution is 8.18. The zero-order valence-electron chi connectivity index (χ0n) is 13.2. The number of carboxylic acids is 1. The van der Waals surface area contributed by atoms with Crippen LogP contribution in [-0.2, 0) is 4.79 Å². The number of carbonyl (C=O) groups excluding carboxylic acids is 1. The Morgan fingerprint density at radius 1 is 1.20 bits per heavy atom. The Labute approximate surface area is 147 Å². The van der Waals surface area contributed by atoms with E-state index in [0.29, 0.717) is 4.91 Å². The number of aliphatic imine (C=N–C) groups is 1. The molecule has 0 saturated carbocycles. The van der Waals surface area contributed by atoms with Gasteiger partial charge in [-0.05, 0) is 48.5 Å². The minimum atomic E-state index is -1.21. The molecule has 0 atom stereocenters. The summed E-state index contributed by atoms with van der Waals surface area (Å²) >= 11 is 1.13. The molecular weight excluding hydrogens is 340 g/mol. The minimum absolute atomic E-state index is 0.140. The van der Waals surface area contributed by atoms with Gasteiger partial charge < -0.3 is 15.5 Å². The first-order valence-corrected chi connectivity index (χ1v) is 8.16. The van der Waals surface area contributed by atoms with Crippen molar-refractivity contribution in [3.8, 4) is 5.75 Å². The van der Waals surface area contributed by atoms with Crippen LogP contribution in [0.1, 0.15) is 21.5 Å². The second-order valence-corrected chi connectivity index (χ2v) is 6.43. The average molecular weight is 354 g/mol. The van der Waals surface area contributed by atoms with Crippen LogP contribution in [0.5, 0.6) is 5.75 Å². The highest BCUT2D eigenvalue weighted by atomic mass is 32.2. The van der Waals surface area contributed by atoms with Gasteiger partial charge in [0.05, 0.1) is 16.2 Å². The maximum Gasteiger partial charge on any atom is 0.338 e. The molecule has 3 N–H and O–H groups in total. The molecule has 0 aliphatic carbocycles. The summed E-state index contributed by atoms with van der Waals surface area (Å²) in [7, 11) is 0. The Hall–Kier alpha value is -3.06. The van der Waals surface area contributed by atoms with Crippen molar-refractivity contribution in [2.75, 3.05) is 0 Å². The summed E-state index contributed by atoms with van der Waals surface area (Å²) in [4.78, 5) is 28.0. The molecule has 1 saturated heterocycles. The summed E-state index contributed by atoms with van der Waals surface area (Å²) in [5, 5.41) is 21.5. The number of nitrogens with one attached hydrogen (secondary N) is 1. The van der Waals surface area contributed by atoms with E-state index in [1.807, 2.05) is 31.2 Å². The lowest BCUT2D eigenvalue weighted by atomic mass is 10.1. The van der Waals surface area contributed by atoms with Crippen LogP contribution in [0.3, 0.4) is 0 Å². The lowest BCUT2D eigenvalue weighted by Gasteiger charge is -2.02. The van der Waals surface area contributed by atoms with Crippen molar-refractivity contribution in [3.63, 3.8) is 0 Å². The standard InChI is InChI=1S/C18H14N2O4S/c1-10-2-4-11(5-3-10)8-15-16(22)20-18(25-15)19-14-7-6-12(21)9-13(14)17(23)24/h2-9,21H,1H3,(H,23,24)(H,19,20,22)/b15-8-. The molecule has 25 heavy (non-hydrogen) atoms. The van der Waals surface area contributed by atoms with Crippen LogP contribution >= 0.6 is 11.8 Å². The van der Waals surface area contributed by atoms with Gasteiger partial charge in [0.2, 0.25) is 0 Å². The van der Waals surface area contributed by atoms with Crippen molar-refractivity contribution in [2.45, 2.75) is 6.92 Å². The maximum atomic E-state index is 12.1. The van der Waals surface area contributed by atoms with Gasteiger partial charge in [-0.25, -0.2) is 9.79 Å². The Morgan fingerprint density at radius 2 is 1.92 bits per heavy atom. The quantitative estimate of drug-likeness (QED) is 0.735. The molecule has 0 bridgehead atoms. The summed E-state index contributed by atoms with van der Waals surface area (Å²) in [6, 6.07) is 11.6. The third kappa shape index (κ3) is 3.89. The molecule has 1 heterocycles. The zero-order chi connectivity index (χ0) is 18.0. The average Bonchev–Trinajstić information content (AvgIpc) is 2.90. The first-order valence-electron chi connectivity index (χ1n) is 7.35. The van der Waals surface area contributed by atoms with Crippen molar-refractivity contribution < 1.29 is 19.8 Å². The van der Waals surface area contributed by atoms with Crippen molar-refractivity contribution in [2.24, 2.45) is 4.99 Å². The lowest BCUT2D eigenvalue weighted by molar-refractivity contribution is -0.115. The van der Waals surface area contributed by atoms with Crippen LogP contribution in [0.2, 0.25) is 0 Å². The number of thioether (sulfide) groups is 1. The second-order valence-electron chi connectivity index (χ2n) is 5.40. The van der Waals surface area contributed by atoms with Crippen LogP contribution < -0.4 is 5.32 Å². The van der Waals surface area contributed by atoms with Crippen molar-refractivity contribution in [3.05, 3.63) is 64.1 Å². The summed E-state index contributed by atoms with van der Waals surface area (Å²) in [6.45, 7) is 1.98. The van der Waals surface area contributed by atoms with Gasteiger partial charge >= 0.3 is 5.97 Å². The number of phenols is 1. The number of amides is 1. The van der Waals surface area contributed by atoms with E-state index in [2.05, 4.69) is 10.3 Å². The number of nitrogens with zero attached hydrogens (tertiary/aromatic N) is 1. The fourth-order valence-corrected chi connectivity index (χ4v) is 3.03. The van der Waals surface area contributed by atoms with Crippen LogP contribution in [0.15, 0.2) is 52.4 Å². The molecule has 6 nitrogen and oxygen atoms in total. The molecule has 2 aromatic rings. The largest absolute Gasteiger partial charge is 0.508 e. The Morgan fingerprint density at radius 3 is 2.60 bits per heavy atom. The molecule has 0 spiro atoms. The van der Waals surface area contributed by atoms with Crippen molar-refractivity contribution in [1.29, 1.82) is 0 Å². The Balaban J connectivity index is 1.89. The first kappa shape index (κ1) is 16.8. The number of carbonyl (C=O) groups is 2. The summed E-state index contributed by atoms with van der Waals surface area (Å²) in [5.74, 6) is -1.66. The van der Waals surface area contributed by atoms with E-state index in [4.69, 9.17) is 0 Å². The predicted octanol–water partition coefficient (Wildman–Crippen LogP) is 3.29. The normalized spacial score (nSPS) is 17.1. The van der Waals surface area contributed by atoms with Gasteiger partial charge in [0, 0.05) is 0 Å². The van der Waals surface area contributed by atoms with Gasteiger partial charge in [0.1, 0.15) is 5.75 Å². The number of hydrogen-bond donors (Lipinski definition) is 3. The number of benzene rings is 2. The molecule has 1 amide bonds. The number of aromatic carboxylic acids is 1. The molecular formula is C18H14N2O4S. The molecule has 1 aliphatic heterocycles. The van der Waals surface area contributed by atoms with E-state index in [9.17, 15) is 19.8 Å². The molecule has 1 fully saturated rings. The molecule has 0 aromatic heterocycles. The van der Waals surface area contributed by atoms with E-state index >= 15 is 0 Å². The maximum absolute atomic E-state index is 12.1. The molecule has 0 unspecified atom stereocenters. The number of phenolic OH excluding ortho intramolecular Hbond substituents is 1. The Kier molecular flexibility index (Phi) is 4.58. The molecule has 7 heteroatoms. The highest BCUT2D eigenvalue weighted by Crippen LogP contribution is 2.30. The van der Waals surface area contributed by atoms with Crippen LogP contribution in [-0.4, -0.2) is 27.3 Å². The minimum Gasteiger partial charge on any atom is -0.508 e. The van der Waals surface area contributed by atoms with Crippen molar-refractivity contribution >= 4 is 40.6 Å². The fourth-order valence-electron chi connectivity index (χ4n) is 2.20. The van der Waals surface area contributed by atoms with E-state index in [1.54, 1.807) is 6.08 Å². The number of rotatable bonds is 3. The monoisotopic (exact) mass is 354 g/mol. The predicted molar refractivity (Wildman–Crippen MR) is 97.1 cm³/mol. The number of amidine groups is 1. The lowest BCUT2D eigenvalue weighted by Crippen LogP contribution is -2.19. The summed E-state index contributed by atoms with van der Waals surface area (Å²) in [6.07, 6.45) is 1.75. The molecule has 2 aromatic carbocycles. The van der Waals surface area contributed by atoms with E-state index < -0.39 is 5.97 Å². The summed E-state index contributed by atoms with van der Waals surface area (Å²) in [5.41, 5.74) is 2.03. The van der Waals surface area contributed by atoms with Crippen LogP contribution in [0.25, 0.3) is 6.08 Å². The third-order valence-electron chi connectivity index (χ3n) is 3.46. The van der Waals surface area contributed by atoms with Gasteiger partial charge in [-0.1, -0.05) is 29.8 Å². The Bertz CT molecular complexity index is 917. The topological polar surface area (TPSA) is 99.0 Å². The van der Waals surface area contributed by atoms with E-state index in [1.165, 1.54) is 12.1 Å². The van der Waals surface area contributed by atoms with E-state index in [0.717, 1.165) is 29.0 Å². The van der Waals surface area contributed by atoms with Gasteiger partial charge in [-0.15, -0.1) is 0 Å². The number of carboxylic acid groups (broad SMARTS) is 1. The molecule has 0 radical (unpaired) electrons. The van der Waals surface area contributed by atoms with Crippen LogP contribution in [0.4, 0.5) is 5.69 Å².